The third-order valence-corrected chi connectivity index (χ3v) is 5.81. The summed E-state index contributed by atoms with van der Waals surface area (Å²) in [5.74, 6) is 0.249. The molecule has 6 nitrogen and oxygen atoms in total. The average Bonchev–Trinajstić information content (AvgIpc) is 3.12. The van der Waals surface area contributed by atoms with E-state index >= 15 is 0 Å². The topological polar surface area (TPSA) is 73.1 Å². The van der Waals surface area contributed by atoms with Gasteiger partial charge in [-0.25, -0.2) is 9.36 Å². The molecule has 0 radical (unpaired) electrons. The number of carbonyl (C=O) groups is 1. The molecule has 3 aromatic rings. The summed E-state index contributed by atoms with van der Waals surface area (Å²) in [6, 6.07) is 7.24. The largest absolute Gasteiger partial charge is 0.355 e. The first-order valence-corrected chi connectivity index (χ1v) is 10.3. The smallest absolute Gasteiger partial charge is 0.336 e. The van der Waals surface area contributed by atoms with Gasteiger partial charge in [-0.15, -0.1) is 11.3 Å². The fraction of sp³-hybridized carbons (Fsp3) is 0.381. The Morgan fingerprint density at radius 3 is 2.64 bits per heavy atom. The van der Waals surface area contributed by atoms with E-state index in [9.17, 15) is 14.4 Å². The van der Waals surface area contributed by atoms with Gasteiger partial charge in [-0.2, -0.15) is 0 Å². The van der Waals surface area contributed by atoms with Gasteiger partial charge in [0.05, 0.1) is 11.2 Å². The third-order valence-electron chi connectivity index (χ3n) is 4.92. The zero-order valence-electron chi connectivity index (χ0n) is 16.6. The maximum atomic E-state index is 13.2. The van der Waals surface area contributed by atoms with Crippen LogP contribution < -0.4 is 16.6 Å². The summed E-state index contributed by atoms with van der Waals surface area (Å²) >= 11 is 1.28. The highest BCUT2D eigenvalue weighted by Crippen LogP contribution is 2.19. The van der Waals surface area contributed by atoms with E-state index in [-0.39, 0.29) is 18.0 Å². The number of fused-ring (bicyclic) bond motifs is 1. The second kappa shape index (κ2) is 8.14. The number of carbonyl (C=O) groups excluding carboxylic acids is 1. The lowest BCUT2D eigenvalue weighted by Crippen LogP contribution is -2.41. The predicted octanol–water partition coefficient (Wildman–Crippen LogP) is 2.99. The number of nitrogens with one attached hydrogen (secondary N) is 1. The van der Waals surface area contributed by atoms with Crippen LogP contribution in [0.15, 0.2) is 39.2 Å². The number of aromatic nitrogens is 2. The summed E-state index contributed by atoms with van der Waals surface area (Å²) in [5.41, 5.74) is 2.07. The van der Waals surface area contributed by atoms with Gasteiger partial charge in [0.2, 0.25) is 5.91 Å². The molecule has 2 heterocycles. The summed E-state index contributed by atoms with van der Waals surface area (Å²) in [5, 5.41) is 4.63. The molecule has 0 spiro atoms. The lowest BCUT2D eigenvalue weighted by atomic mass is 10.1. The van der Waals surface area contributed by atoms with E-state index in [0.29, 0.717) is 28.4 Å². The van der Waals surface area contributed by atoms with Crippen LogP contribution in [-0.4, -0.2) is 21.6 Å². The van der Waals surface area contributed by atoms with Crippen LogP contribution in [0.25, 0.3) is 15.9 Å². The molecule has 3 rings (SSSR count). The standard InChI is InChI=1S/C21H25N3O3S/c1-13(2)8-10-22-18(25)12-23-17-9-11-28-19(17)20(26)24(21(23)27)16-7-5-6-14(3)15(16)4/h5-7,9,11,13H,8,10,12H2,1-4H3,(H,22,25). The average molecular weight is 400 g/mol. The Morgan fingerprint density at radius 1 is 1.18 bits per heavy atom. The highest BCUT2D eigenvalue weighted by Gasteiger charge is 2.18. The molecule has 1 amide bonds. The van der Waals surface area contributed by atoms with Gasteiger partial charge in [0.25, 0.3) is 5.56 Å². The molecule has 7 heteroatoms. The van der Waals surface area contributed by atoms with Crippen molar-refractivity contribution in [3.05, 3.63) is 61.6 Å². The maximum absolute atomic E-state index is 13.2. The number of benzene rings is 1. The van der Waals surface area contributed by atoms with Gasteiger partial charge in [-0.3, -0.25) is 14.2 Å². The van der Waals surface area contributed by atoms with Crippen molar-refractivity contribution in [2.75, 3.05) is 6.54 Å². The molecular formula is C21H25N3O3S. The molecule has 0 fully saturated rings. The Bertz CT molecular complexity index is 1140. The van der Waals surface area contributed by atoms with E-state index in [1.807, 2.05) is 26.0 Å². The van der Waals surface area contributed by atoms with E-state index in [4.69, 9.17) is 0 Å². The zero-order valence-corrected chi connectivity index (χ0v) is 17.4. The molecule has 1 aromatic carbocycles. The van der Waals surface area contributed by atoms with Crippen molar-refractivity contribution >= 4 is 27.5 Å². The van der Waals surface area contributed by atoms with Crippen molar-refractivity contribution in [2.24, 2.45) is 5.92 Å². The number of hydrogen-bond acceptors (Lipinski definition) is 4. The molecule has 2 aromatic heterocycles. The van der Waals surface area contributed by atoms with Gasteiger partial charge < -0.3 is 5.32 Å². The van der Waals surface area contributed by atoms with Gasteiger partial charge in [-0.1, -0.05) is 26.0 Å². The fourth-order valence-electron chi connectivity index (χ4n) is 3.13. The second-order valence-electron chi connectivity index (χ2n) is 7.40. The van der Waals surface area contributed by atoms with Crippen LogP contribution in [0.2, 0.25) is 0 Å². The molecule has 0 unspecified atom stereocenters. The first kappa shape index (κ1) is 20.1. The quantitative estimate of drug-likeness (QED) is 0.693. The Morgan fingerprint density at radius 2 is 1.93 bits per heavy atom. The number of thiophene rings is 1. The van der Waals surface area contributed by atoms with Crippen molar-refractivity contribution in [3.63, 3.8) is 0 Å². The second-order valence-corrected chi connectivity index (χ2v) is 8.31. The van der Waals surface area contributed by atoms with Crippen LogP contribution in [0.3, 0.4) is 0 Å². The zero-order chi connectivity index (χ0) is 20.4. The summed E-state index contributed by atoms with van der Waals surface area (Å²) in [7, 11) is 0. The van der Waals surface area contributed by atoms with Gasteiger partial charge in [0, 0.05) is 6.54 Å². The number of nitrogens with zero attached hydrogens (tertiary/aromatic N) is 2. The van der Waals surface area contributed by atoms with E-state index in [2.05, 4.69) is 19.2 Å². The molecule has 0 saturated carbocycles. The number of hydrogen-bond donors (Lipinski definition) is 1. The number of amides is 1. The van der Waals surface area contributed by atoms with Crippen molar-refractivity contribution in [1.82, 2.24) is 14.5 Å². The summed E-state index contributed by atoms with van der Waals surface area (Å²) in [6.45, 7) is 8.45. The lowest BCUT2D eigenvalue weighted by molar-refractivity contribution is -0.121. The number of rotatable bonds is 6. The van der Waals surface area contributed by atoms with E-state index in [1.165, 1.54) is 20.5 Å². The summed E-state index contributed by atoms with van der Waals surface area (Å²) in [4.78, 5) is 38.7. The van der Waals surface area contributed by atoms with Crippen LogP contribution in [0.1, 0.15) is 31.4 Å². The van der Waals surface area contributed by atoms with Crippen molar-refractivity contribution < 1.29 is 4.79 Å². The molecular weight excluding hydrogens is 374 g/mol. The van der Waals surface area contributed by atoms with Gasteiger partial charge in [0.15, 0.2) is 0 Å². The lowest BCUT2D eigenvalue weighted by Gasteiger charge is -2.15. The minimum atomic E-state index is -0.497. The third kappa shape index (κ3) is 3.80. The number of aryl methyl sites for hydroxylation is 1. The van der Waals surface area contributed by atoms with Crippen LogP contribution in [-0.2, 0) is 11.3 Å². The van der Waals surface area contributed by atoms with E-state index in [0.717, 1.165) is 17.5 Å². The first-order valence-electron chi connectivity index (χ1n) is 9.37. The van der Waals surface area contributed by atoms with Crippen LogP contribution in [0.4, 0.5) is 0 Å². The molecule has 28 heavy (non-hydrogen) atoms. The monoisotopic (exact) mass is 399 g/mol. The van der Waals surface area contributed by atoms with Gasteiger partial charge in [0.1, 0.15) is 11.2 Å². The van der Waals surface area contributed by atoms with Crippen molar-refractivity contribution in [1.29, 1.82) is 0 Å². The van der Waals surface area contributed by atoms with Crippen LogP contribution in [0.5, 0.6) is 0 Å². The molecule has 0 bridgehead atoms. The van der Waals surface area contributed by atoms with E-state index < -0.39 is 5.69 Å². The van der Waals surface area contributed by atoms with E-state index in [1.54, 1.807) is 17.5 Å². The molecule has 148 valence electrons. The van der Waals surface area contributed by atoms with Crippen molar-refractivity contribution in [2.45, 2.75) is 40.7 Å². The van der Waals surface area contributed by atoms with Gasteiger partial charge >= 0.3 is 5.69 Å². The van der Waals surface area contributed by atoms with Crippen LogP contribution in [0, 0.1) is 19.8 Å². The summed E-state index contributed by atoms with van der Waals surface area (Å²) < 4.78 is 3.04. The Labute approximate surface area is 167 Å². The Kier molecular flexibility index (Phi) is 5.84. The molecule has 0 saturated heterocycles. The molecule has 0 aliphatic heterocycles. The molecule has 1 N–H and O–H groups in total. The molecule has 0 aliphatic carbocycles. The maximum Gasteiger partial charge on any atom is 0.336 e. The first-order chi connectivity index (χ1) is 13.3. The summed E-state index contributed by atoms with van der Waals surface area (Å²) in [6.07, 6.45) is 0.872. The minimum Gasteiger partial charge on any atom is -0.355 e. The minimum absolute atomic E-state index is 0.116. The highest BCUT2D eigenvalue weighted by molar-refractivity contribution is 7.17. The molecule has 0 aliphatic rings. The normalized spacial score (nSPS) is 11.3. The molecule has 0 atom stereocenters. The fourth-order valence-corrected chi connectivity index (χ4v) is 3.95. The Balaban J connectivity index is 2.10. The predicted molar refractivity (Wildman–Crippen MR) is 114 cm³/mol. The van der Waals surface area contributed by atoms with Gasteiger partial charge in [-0.05, 0) is 54.8 Å². The van der Waals surface area contributed by atoms with Crippen molar-refractivity contribution in [3.8, 4) is 5.69 Å². The Hall–Kier alpha value is -2.67. The SMILES string of the molecule is Cc1cccc(-n2c(=O)c3sccc3n(CC(=O)NCCC(C)C)c2=O)c1C. The highest BCUT2D eigenvalue weighted by atomic mass is 32.1. The van der Waals surface area contributed by atoms with Crippen LogP contribution >= 0.6 is 11.3 Å².